The van der Waals surface area contributed by atoms with E-state index in [9.17, 15) is 22.0 Å². The predicted molar refractivity (Wildman–Crippen MR) is 119 cm³/mol. The van der Waals surface area contributed by atoms with Crippen LogP contribution < -0.4 is 4.31 Å². The van der Waals surface area contributed by atoms with Gasteiger partial charge in [0.25, 0.3) is 10.0 Å². The third-order valence-corrected chi connectivity index (χ3v) is 8.04. The van der Waals surface area contributed by atoms with Gasteiger partial charge in [0.05, 0.1) is 28.7 Å². The number of nitrogens with zero attached hydrogens (tertiary/aromatic N) is 2. The molecule has 0 aliphatic rings. The minimum absolute atomic E-state index is 0.164. The van der Waals surface area contributed by atoms with Gasteiger partial charge in [0.2, 0.25) is 0 Å². The summed E-state index contributed by atoms with van der Waals surface area (Å²) in [6.07, 6.45) is -0.111. The quantitative estimate of drug-likeness (QED) is 0.450. The van der Waals surface area contributed by atoms with E-state index < -0.39 is 39.4 Å². The lowest BCUT2D eigenvalue weighted by molar-refractivity contribution is -0.136. The number of thiazole rings is 1. The van der Waals surface area contributed by atoms with Gasteiger partial charge in [-0.2, -0.15) is 0 Å². The summed E-state index contributed by atoms with van der Waals surface area (Å²) < 4.78 is 56.9. The Kier molecular flexibility index (Phi) is 7.16. The first-order chi connectivity index (χ1) is 15.0. The van der Waals surface area contributed by atoms with Gasteiger partial charge in [-0.25, -0.2) is 22.2 Å². The summed E-state index contributed by atoms with van der Waals surface area (Å²) in [5.74, 6) is -2.80. The molecule has 1 unspecified atom stereocenters. The van der Waals surface area contributed by atoms with Crippen molar-refractivity contribution < 1.29 is 27.1 Å². The van der Waals surface area contributed by atoms with Crippen LogP contribution in [0.15, 0.2) is 47.4 Å². The first-order valence-electron chi connectivity index (χ1n) is 9.47. The standard InChI is InChI=1S/C21H19ClF2N2O4S2/c1-3-17(21-25-12(2)19(31-21)11-20(27)28)26(18-10-14(23)6-9-16(18)24)32(29,30)15-7-4-13(22)5-8-15/h4-10,17H,3,11H2,1-2H3,(H,27,28). The number of carboxylic acid groups (broad SMARTS) is 1. The van der Waals surface area contributed by atoms with Crippen LogP contribution in [-0.4, -0.2) is 24.5 Å². The molecule has 0 aliphatic heterocycles. The van der Waals surface area contributed by atoms with Crippen LogP contribution in [0.25, 0.3) is 0 Å². The Morgan fingerprint density at radius 3 is 2.47 bits per heavy atom. The van der Waals surface area contributed by atoms with Gasteiger partial charge < -0.3 is 5.11 Å². The van der Waals surface area contributed by atoms with Crippen LogP contribution in [0.2, 0.25) is 5.02 Å². The van der Waals surface area contributed by atoms with Crippen LogP contribution in [0.1, 0.15) is 35.0 Å². The number of carbonyl (C=O) groups is 1. The first-order valence-corrected chi connectivity index (χ1v) is 12.1. The van der Waals surface area contributed by atoms with E-state index >= 15 is 0 Å². The fraction of sp³-hybridized carbons (Fsp3) is 0.238. The Morgan fingerprint density at radius 2 is 1.88 bits per heavy atom. The van der Waals surface area contributed by atoms with E-state index in [4.69, 9.17) is 16.7 Å². The number of rotatable bonds is 8. The number of benzene rings is 2. The summed E-state index contributed by atoms with van der Waals surface area (Å²) in [6.45, 7) is 3.30. The zero-order chi connectivity index (χ0) is 23.6. The Labute approximate surface area is 193 Å². The summed E-state index contributed by atoms with van der Waals surface area (Å²) in [6, 6.07) is 6.87. The molecule has 0 spiro atoms. The number of anilines is 1. The topological polar surface area (TPSA) is 87.6 Å². The largest absolute Gasteiger partial charge is 0.481 e. The summed E-state index contributed by atoms with van der Waals surface area (Å²) >= 11 is 6.91. The van der Waals surface area contributed by atoms with Gasteiger partial charge in [-0.05, 0) is 49.7 Å². The maximum atomic E-state index is 14.8. The molecule has 32 heavy (non-hydrogen) atoms. The van der Waals surface area contributed by atoms with Crippen LogP contribution in [0.4, 0.5) is 14.5 Å². The van der Waals surface area contributed by atoms with E-state index in [1.165, 1.54) is 24.3 Å². The van der Waals surface area contributed by atoms with Gasteiger partial charge in [0.15, 0.2) is 0 Å². The van der Waals surface area contributed by atoms with Crippen molar-refractivity contribution in [2.24, 2.45) is 0 Å². The average molecular weight is 501 g/mol. The van der Waals surface area contributed by atoms with Crippen molar-refractivity contribution in [2.45, 2.75) is 37.6 Å². The summed E-state index contributed by atoms with van der Waals surface area (Å²) in [7, 11) is -4.38. The number of hydrogen-bond acceptors (Lipinski definition) is 5. The Morgan fingerprint density at radius 1 is 1.22 bits per heavy atom. The number of hydrogen-bond donors (Lipinski definition) is 1. The normalized spacial score (nSPS) is 12.5. The van der Waals surface area contributed by atoms with Crippen LogP contribution in [0.3, 0.4) is 0 Å². The van der Waals surface area contributed by atoms with Crippen molar-refractivity contribution in [3.8, 4) is 0 Å². The fourth-order valence-electron chi connectivity index (χ4n) is 3.17. The molecule has 0 saturated carbocycles. The highest BCUT2D eigenvalue weighted by atomic mass is 35.5. The Hall–Kier alpha value is -2.56. The zero-order valence-corrected chi connectivity index (χ0v) is 19.4. The van der Waals surface area contributed by atoms with E-state index in [0.717, 1.165) is 33.8 Å². The zero-order valence-electron chi connectivity index (χ0n) is 17.0. The molecule has 0 bridgehead atoms. The molecule has 1 atom stereocenters. The molecule has 0 amide bonds. The van der Waals surface area contributed by atoms with Crippen LogP contribution in [0, 0.1) is 18.6 Å². The Bertz CT molecular complexity index is 1250. The first kappa shape index (κ1) is 24.1. The monoisotopic (exact) mass is 500 g/mol. The second-order valence-electron chi connectivity index (χ2n) is 6.91. The third-order valence-electron chi connectivity index (χ3n) is 4.69. The molecule has 6 nitrogen and oxygen atoms in total. The highest BCUT2D eigenvalue weighted by molar-refractivity contribution is 7.92. The van der Waals surface area contributed by atoms with Crippen molar-refractivity contribution >= 4 is 44.6 Å². The van der Waals surface area contributed by atoms with Gasteiger partial charge >= 0.3 is 5.97 Å². The molecular weight excluding hydrogens is 482 g/mol. The van der Waals surface area contributed by atoms with Crippen molar-refractivity contribution in [1.82, 2.24) is 4.98 Å². The number of carboxylic acids is 1. The molecule has 170 valence electrons. The molecule has 2 aromatic carbocycles. The number of aryl methyl sites for hydroxylation is 1. The van der Waals surface area contributed by atoms with E-state index in [0.29, 0.717) is 15.6 Å². The van der Waals surface area contributed by atoms with Gasteiger partial charge in [0.1, 0.15) is 16.6 Å². The molecule has 3 rings (SSSR count). The third kappa shape index (κ3) is 4.92. The minimum Gasteiger partial charge on any atom is -0.481 e. The van der Waals surface area contributed by atoms with Gasteiger partial charge in [0, 0.05) is 16.0 Å². The number of aromatic nitrogens is 1. The fourth-order valence-corrected chi connectivity index (χ4v) is 6.29. The number of halogens is 3. The lowest BCUT2D eigenvalue weighted by atomic mass is 10.2. The van der Waals surface area contributed by atoms with Crippen LogP contribution in [0.5, 0.6) is 0 Å². The minimum atomic E-state index is -4.38. The SMILES string of the molecule is CCC(c1nc(C)c(CC(=O)O)s1)N(c1cc(F)ccc1F)S(=O)(=O)c1ccc(Cl)cc1. The molecular formula is C21H19ClF2N2O4S2. The molecule has 1 heterocycles. The summed E-state index contributed by atoms with van der Waals surface area (Å²) in [4.78, 5) is 15.8. The van der Waals surface area contributed by atoms with Gasteiger partial charge in [-0.15, -0.1) is 11.3 Å². The van der Waals surface area contributed by atoms with Crippen molar-refractivity contribution in [3.63, 3.8) is 0 Å². The molecule has 0 aliphatic carbocycles. The van der Waals surface area contributed by atoms with Crippen LogP contribution >= 0.6 is 22.9 Å². The highest BCUT2D eigenvalue weighted by Crippen LogP contribution is 2.39. The van der Waals surface area contributed by atoms with Crippen molar-refractivity contribution in [1.29, 1.82) is 0 Å². The molecule has 0 saturated heterocycles. The number of sulfonamides is 1. The van der Waals surface area contributed by atoms with Crippen molar-refractivity contribution in [2.75, 3.05) is 4.31 Å². The van der Waals surface area contributed by atoms with Gasteiger partial charge in [-0.3, -0.25) is 9.10 Å². The van der Waals surface area contributed by atoms with Crippen LogP contribution in [-0.2, 0) is 21.2 Å². The second kappa shape index (κ2) is 9.51. The Balaban J connectivity index is 2.22. The van der Waals surface area contributed by atoms with E-state index in [1.807, 2.05) is 0 Å². The molecule has 11 heteroatoms. The maximum Gasteiger partial charge on any atom is 0.308 e. The predicted octanol–water partition coefficient (Wildman–Crippen LogP) is 5.36. The summed E-state index contributed by atoms with van der Waals surface area (Å²) in [5, 5.41) is 9.71. The summed E-state index contributed by atoms with van der Waals surface area (Å²) in [5.41, 5.74) is -0.0335. The smallest absolute Gasteiger partial charge is 0.308 e. The lowest BCUT2D eigenvalue weighted by Crippen LogP contribution is -2.35. The highest BCUT2D eigenvalue weighted by Gasteiger charge is 2.36. The molecule has 3 aromatic rings. The molecule has 0 fully saturated rings. The number of aliphatic carboxylic acids is 1. The van der Waals surface area contributed by atoms with Gasteiger partial charge in [-0.1, -0.05) is 18.5 Å². The average Bonchev–Trinajstić information content (AvgIpc) is 3.07. The second-order valence-corrected chi connectivity index (χ2v) is 10.3. The maximum absolute atomic E-state index is 14.8. The molecule has 1 aromatic heterocycles. The molecule has 1 N–H and O–H groups in total. The van der Waals surface area contributed by atoms with E-state index in [1.54, 1.807) is 13.8 Å². The van der Waals surface area contributed by atoms with Crippen molar-refractivity contribution in [3.05, 3.63) is 74.7 Å². The molecule has 0 radical (unpaired) electrons. The van der Waals surface area contributed by atoms with E-state index in [2.05, 4.69) is 4.98 Å². The lowest BCUT2D eigenvalue weighted by Gasteiger charge is -2.31. The van der Waals surface area contributed by atoms with E-state index in [-0.39, 0.29) is 22.7 Å².